The second-order valence-corrected chi connectivity index (χ2v) is 5.95. The Labute approximate surface area is 115 Å². The van der Waals surface area contributed by atoms with Gasteiger partial charge in [0.15, 0.2) is 0 Å². The van der Waals surface area contributed by atoms with Crippen molar-refractivity contribution in [2.45, 2.75) is 39.0 Å². The Morgan fingerprint density at radius 1 is 1.16 bits per heavy atom. The van der Waals surface area contributed by atoms with E-state index in [4.69, 9.17) is 0 Å². The zero-order valence-electron chi connectivity index (χ0n) is 12.0. The van der Waals surface area contributed by atoms with Gasteiger partial charge in [-0.3, -0.25) is 0 Å². The van der Waals surface area contributed by atoms with Gasteiger partial charge < -0.3 is 10.2 Å². The lowest BCUT2D eigenvalue weighted by Crippen LogP contribution is -2.42. The Balaban J connectivity index is 1.77. The summed E-state index contributed by atoms with van der Waals surface area (Å²) >= 11 is 0. The maximum absolute atomic E-state index is 4.62. The van der Waals surface area contributed by atoms with Gasteiger partial charge in [0, 0.05) is 26.2 Å². The van der Waals surface area contributed by atoms with Crippen molar-refractivity contribution in [1.82, 2.24) is 9.97 Å². The average Bonchev–Trinajstić information content (AvgIpc) is 2.46. The van der Waals surface area contributed by atoms with Gasteiger partial charge in [-0.2, -0.15) is 0 Å². The number of hydrogen-bond donors (Lipinski definition) is 1. The molecule has 2 fully saturated rings. The molecule has 1 saturated carbocycles. The van der Waals surface area contributed by atoms with Crippen LogP contribution in [-0.2, 0) is 0 Å². The van der Waals surface area contributed by atoms with Crippen molar-refractivity contribution in [3.05, 3.63) is 11.9 Å². The van der Waals surface area contributed by atoms with Crippen LogP contribution >= 0.6 is 0 Å². The highest BCUT2D eigenvalue weighted by molar-refractivity contribution is 5.49. The molecular weight excluding hydrogens is 236 g/mol. The van der Waals surface area contributed by atoms with E-state index >= 15 is 0 Å². The number of piperidine rings is 1. The van der Waals surface area contributed by atoms with Crippen LogP contribution in [0.4, 0.5) is 11.6 Å². The minimum absolute atomic E-state index is 0.854. The molecule has 1 aromatic heterocycles. The summed E-state index contributed by atoms with van der Waals surface area (Å²) in [5, 5.41) is 3.13. The van der Waals surface area contributed by atoms with Gasteiger partial charge in [0.05, 0.1) is 0 Å². The van der Waals surface area contributed by atoms with Gasteiger partial charge in [0.25, 0.3) is 0 Å². The van der Waals surface area contributed by atoms with Crippen molar-refractivity contribution < 1.29 is 0 Å². The normalized spacial score (nSPS) is 26.9. The summed E-state index contributed by atoms with van der Waals surface area (Å²) in [6.07, 6.45) is 7.05. The largest absolute Gasteiger partial charge is 0.373 e. The first-order valence-electron chi connectivity index (χ1n) is 7.54. The standard InChI is InChI=1S/C15H24N4/c1-11-17-14(16-2)9-15(18-11)19-8-7-12-5-3-4-6-13(12)10-19/h9,12-13H,3-8,10H2,1-2H3,(H,16,17,18). The first kappa shape index (κ1) is 12.7. The number of aryl methyl sites for hydroxylation is 1. The quantitative estimate of drug-likeness (QED) is 0.887. The third kappa shape index (κ3) is 2.67. The van der Waals surface area contributed by atoms with Gasteiger partial charge in [0.1, 0.15) is 17.5 Å². The molecule has 0 spiro atoms. The summed E-state index contributed by atoms with van der Waals surface area (Å²) in [5.41, 5.74) is 0. The first-order chi connectivity index (χ1) is 9.26. The Morgan fingerprint density at radius 3 is 2.74 bits per heavy atom. The molecule has 2 unspecified atom stereocenters. The van der Waals surface area contributed by atoms with E-state index in [0.717, 1.165) is 35.8 Å². The third-order valence-electron chi connectivity index (χ3n) is 4.70. The monoisotopic (exact) mass is 260 g/mol. The molecule has 4 heteroatoms. The van der Waals surface area contributed by atoms with E-state index in [-0.39, 0.29) is 0 Å². The number of anilines is 2. The molecule has 2 aliphatic rings. The predicted octanol–water partition coefficient (Wildman–Crippen LogP) is 2.84. The molecule has 1 aromatic rings. The second-order valence-electron chi connectivity index (χ2n) is 5.95. The van der Waals surface area contributed by atoms with Crippen LogP contribution in [0.3, 0.4) is 0 Å². The SMILES string of the molecule is CNc1cc(N2CCC3CCCCC3C2)nc(C)n1. The Bertz CT molecular complexity index is 446. The van der Waals surface area contributed by atoms with E-state index in [1.807, 2.05) is 14.0 Å². The number of fused-ring (bicyclic) bond motifs is 1. The second kappa shape index (κ2) is 5.35. The fourth-order valence-electron chi connectivity index (χ4n) is 3.65. The Hall–Kier alpha value is -1.32. The summed E-state index contributed by atoms with van der Waals surface area (Å²) in [6.45, 7) is 4.31. The summed E-state index contributed by atoms with van der Waals surface area (Å²) in [6, 6.07) is 2.08. The van der Waals surface area contributed by atoms with Crippen molar-refractivity contribution in [3.63, 3.8) is 0 Å². The van der Waals surface area contributed by atoms with Crippen LogP contribution in [0.1, 0.15) is 37.9 Å². The summed E-state index contributed by atoms with van der Waals surface area (Å²) < 4.78 is 0. The van der Waals surface area contributed by atoms with Gasteiger partial charge in [-0.15, -0.1) is 0 Å². The van der Waals surface area contributed by atoms with E-state index < -0.39 is 0 Å². The molecule has 2 atom stereocenters. The fourth-order valence-corrected chi connectivity index (χ4v) is 3.65. The lowest BCUT2D eigenvalue weighted by molar-refractivity contribution is 0.202. The highest BCUT2D eigenvalue weighted by Gasteiger charge is 2.31. The van der Waals surface area contributed by atoms with Gasteiger partial charge >= 0.3 is 0 Å². The van der Waals surface area contributed by atoms with Crippen LogP contribution in [0.25, 0.3) is 0 Å². The van der Waals surface area contributed by atoms with Crippen LogP contribution < -0.4 is 10.2 Å². The van der Waals surface area contributed by atoms with E-state index in [0.29, 0.717) is 0 Å². The Kier molecular flexibility index (Phi) is 3.58. The van der Waals surface area contributed by atoms with Gasteiger partial charge in [-0.05, 0) is 31.6 Å². The highest BCUT2D eigenvalue weighted by atomic mass is 15.2. The lowest BCUT2D eigenvalue weighted by atomic mass is 9.75. The lowest BCUT2D eigenvalue weighted by Gasteiger charge is -2.41. The molecule has 4 nitrogen and oxygen atoms in total. The topological polar surface area (TPSA) is 41.0 Å². The van der Waals surface area contributed by atoms with E-state index in [2.05, 4.69) is 26.3 Å². The molecule has 0 radical (unpaired) electrons. The number of nitrogens with one attached hydrogen (secondary N) is 1. The van der Waals surface area contributed by atoms with E-state index in [9.17, 15) is 0 Å². The zero-order valence-corrected chi connectivity index (χ0v) is 12.0. The number of rotatable bonds is 2. The number of aromatic nitrogens is 2. The van der Waals surface area contributed by atoms with Crippen LogP contribution in [0, 0.1) is 18.8 Å². The van der Waals surface area contributed by atoms with E-state index in [1.165, 1.54) is 38.6 Å². The summed E-state index contributed by atoms with van der Waals surface area (Å²) in [4.78, 5) is 11.5. The fraction of sp³-hybridized carbons (Fsp3) is 0.733. The minimum Gasteiger partial charge on any atom is -0.373 e. The molecule has 0 amide bonds. The van der Waals surface area contributed by atoms with Crippen molar-refractivity contribution in [1.29, 1.82) is 0 Å². The van der Waals surface area contributed by atoms with Crippen molar-refractivity contribution in [2.75, 3.05) is 30.4 Å². The molecule has 3 rings (SSSR count). The molecule has 1 aliphatic heterocycles. The molecule has 2 heterocycles. The van der Waals surface area contributed by atoms with Crippen LogP contribution in [-0.4, -0.2) is 30.1 Å². The molecule has 0 bridgehead atoms. The highest BCUT2D eigenvalue weighted by Crippen LogP contribution is 2.37. The molecular formula is C15H24N4. The molecule has 1 N–H and O–H groups in total. The average molecular weight is 260 g/mol. The molecule has 0 aromatic carbocycles. The minimum atomic E-state index is 0.854. The third-order valence-corrected chi connectivity index (χ3v) is 4.70. The van der Waals surface area contributed by atoms with Gasteiger partial charge in [-0.25, -0.2) is 9.97 Å². The predicted molar refractivity (Wildman–Crippen MR) is 78.6 cm³/mol. The van der Waals surface area contributed by atoms with Crippen LogP contribution in [0.5, 0.6) is 0 Å². The Morgan fingerprint density at radius 2 is 1.95 bits per heavy atom. The zero-order chi connectivity index (χ0) is 13.2. The van der Waals surface area contributed by atoms with Gasteiger partial charge in [-0.1, -0.05) is 19.3 Å². The first-order valence-corrected chi connectivity index (χ1v) is 7.54. The van der Waals surface area contributed by atoms with Crippen LogP contribution in [0.2, 0.25) is 0 Å². The molecule has 104 valence electrons. The number of hydrogen-bond acceptors (Lipinski definition) is 4. The van der Waals surface area contributed by atoms with Crippen LogP contribution in [0.15, 0.2) is 6.07 Å². The van der Waals surface area contributed by atoms with Crippen molar-refractivity contribution >= 4 is 11.6 Å². The smallest absolute Gasteiger partial charge is 0.134 e. The molecule has 19 heavy (non-hydrogen) atoms. The summed E-state index contributed by atoms with van der Waals surface area (Å²) in [7, 11) is 1.92. The van der Waals surface area contributed by atoms with E-state index in [1.54, 1.807) is 0 Å². The molecule has 1 aliphatic carbocycles. The number of nitrogens with zero attached hydrogens (tertiary/aromatic N) is 3. The summed E-state index contributed by atoms with van der Waals surface area (Å²) in [5.74, 6) is 4.73. The van der Waals surface area contributed by atoms with Crippen molar-refractivity contribution in [3.8, 4) is 0 Å². The maximum Gasteiger partial charge on any atom is 0.134 e. The van der Waals surface area contributed by atoms with Gasteiger partial charge in [0.2, 0.25) is 0 Å². The van der Waals surface area contributed by atoms with Crippen molar-refractivity contribution in [2.24, 2.45) is 11.8 Å². The molecule has 1 saturated heterocycles. The maximum atomic E-state index is 4.62.